The number of hydrogen-bond donors (Lipinski definition) is 2. The first-order valence-electron chi connectivity index (χ1n) is 4.20. The second kappa shape index (κ2) is 4.58. The van der Waals surface area contributed by atoms with Crippen LogP contribution in [0.1, 0.15) is 17.2 Å². The van der Waals surface area contributed by atoms with Gasteiger partial charge in [-0.05, 0) is 6.07 Å². The van der Waals surface area contributed by atoms with E-state index in [0.717, 1.165) is 6.07 Å². The van der Waals surface area contributed by atoms with Gasteiger partial charge in [-0.25, -0.2) is 8.78 Å². The number of nitrogens with two attached hydrogens (primary N) is 1. The molecule has 0 aliphatic heterocycles. The van der Waals surface area contributed by atoms with Gasteiger partial charge in [0.05, 0.1) is 0 Å². The summed E-state index contributed by atoms with van der Waals surface area (Å²) in [6.45, 7) is 0. The maximum absolute atomic E-state index is 13.4. The van der Waals surface area contributed by atoms with Gasteiger partial charge in [0.25, 0.3) is 0 Å². The Hall–Kier alpha value is -0.820. The van der Waals surface area contributed by atoms with Gasteiger partial charge < -0.3 is 5.73 Å². The van der Waals surface area contributed by atoms with Crippen molar-refractivity contribution >= 4 is 12.6 Å². The number of rotatable bonds is 2. The third-order valence-electron chi connectivity index (χ3n) is 2.00. The lowest BCUT2D eigenvalue weighted by Crippen LogP contribution is -2.19. The Kier molecular flexibility index (Phi) is 3.80. The molecular formula is C9H8F5NS. The average Bonchev–Trinajstić information content (AvgIpc) is 2.14. The zero-order valence-corrected chi connectivity index (χ0v) is 8.75. The summed E-state index contributed by atoms with van der Waals surface area (Å²) in [4.78, 5) is 0. The van der Waals surface area contributed by atoms with Crippen LogP contribution in [0.5, 0.6) is 0 Å². The Morgan fingerprint density at radius 1 is 1.25 bits per heavy atom. The molecule has 1 nitrogen and oxygen atoms in total. The van der Waals surface area contributed by atoms with Crippen molar-refractivity contribution in [3.63, 3.8) is 0 Å². The molecule has 90 valence electrons. The first-order chi connectivity index (χ1) is 7.29. The summed E-state index contributed by atoms with van der Waals surface area (Å²) in [6.07, 6.45) is -5.08. The predicted octanol–water partition coefficient (Wildman–Crippen LogP) is 2.91. The van der Waals surface area contributed by atoms with Crippen LogP contribution in [0.15, 0.2) is 12.1 Å². The van der Waals surface area contributed by atoms with Crippen LogP contribution >= 0.6 is 12.6 Å². The second-order valence-corrected chi connectivity index (χ2v) is 3.48. The van der Waals surface area contributed by atoms with Gasteiger partial charge in [0.15, 0.2) is 0 Å². The van der Waals surface area contributed by atoms with Gasteiger partial charge >= 0.3 is 6.18 Å². The summed E-state index contributed by atoms with van der Waals surface area (Å²) in [7, 11) is 0. The van der Waals surface area contributed by atoms with E-state index in [9.17, 15) is 22.0 Å². The Bertz CT molecular complexity index is 390. The molecule has 0 spiro atoms. The number of halogens is 5. The van der Waals surface area contributed by atoms with Gasteiger partial charge in [0, 0.05) is 17.4 Å². The van der Waals surface area contributed by atoms with Crippen LogP contribution in [0.2, 0.25) is 0 Å². The van der Waals surface area contributed by atoms with Gasteiger partial charge in [0.1, 0.15) is 17.2 Å². The lowest BCUT2D eigenvalue weighted by molar-refractivity contribution is -0.142. The van der Waals surface area contributed by atoms with Crippen molar-refractivity contribution in [3.05, 3.63) is 34.9 Å². The van der Waals surface area contributed by atoms with Crippen molar-refractivity contribution < 1.29 is 22.0 Å². The van der Waals surface area contributed by atoms with Crippen molar-refractivity contribution in [1.82, 2.24) is 0 Å². The SMILES string of the molecule is NC(CS)c1ccc(F)c(C(F)(F)F)c1F. The maximum Gasteiger partial charge on any atom is 0.422 e. The van der Waals surface area contributed by atoms with E-state index in [2.05, 4.69) is 12.6 Å². The van der Waals surface area contributed by atoms with Gasteiger partial charge in [-0.15, -0.1) is 0 Å². The quantitative estimate of drug-likeness (QED) is 0.618. The fourth-order valence-electron chi connectivity index (χ4n) is 1.21. The molecule has 0 amide bonds. The number of hydrogen-bond acceptors (Lipinski definition) is 2. The summed E-state index contributed by atoms with van der Waals surface area (Å²) in [5.41, 5.74) is 3.04. The molecule has 0 fully saturated rings. The molecule has 0 aliphatic rings. The predicted molar refractivity (Wildman–Crippen MR) is 52.1 cm³/mol. The third-order valence-corrected chi connectivity index (χ3v) is 2.39. The molecule has 1 unspecified atom stereocenters. The Labute approximate surface area is 93.8 Å². The molecular weight excluding hydrogens is 249 g/mol. The number of alkyl halides is 3. The standard InChI is InChI=1S/C9H8F5NS/c10-5-2-1-4(6(15)3-16)8(11)7(5)9(12,13)14/h1-2,6,16H,3,15H2. The molecule has 1 rings (SSSR count). The molecule has 1 aromatic carbocycles. The smallest absolute Gasteiger partial charge is 0.323 e. The van der Waals surface area contributed by atoms with E-state index in [1.165, 1.54) is 0 Å². The lowest BCUT2D eigenvalue weighted by atomic mass is 10.0. The first-order valence-corrected chi connectivity index (χ1v) is 4.83. The van der Waals surface area contributed by atoms with Crippen LogP contribution < -0.4 is 5.73 Å². The molecule has 0 aromatic heterocycles. The molecule has 2 N–H and O–H groups in total. The Balaban J connectivity index is 3.39. The van der Waals surface area contributed by atoms with E-state index >= 15 is 0 Å². The minimum absolute atomic E-state index is 0.0418. The minimum atomic E-state index is -5.08. The third kappa shape index (κ3) is 2.46. The van der Waals surface area contributed by atoms with Crippen molar-refractivity contribution in [2.24, 2.45) is 5.73 Å². The van der Waals surface area contributed by atoms with Crippen LogP contribution in [0, 0.1) is 11.6 Å². The molecule has 0 heterocycles. The Morgan fingerprint density at radius 2 is 1.81 bits per heavy atom. The van der Waals surface area contributed by atoms with Crippen molar-refractivity contribution in [3.8, 4) is 0 Å². The molecule has 0 saturated heterocycles. The zero-order chi connectivity index (χ0) is 12.5. The molecule has 1 atom stereocenters. The fourth-order valence-corrected chi connectivity index (χ4v) is 1.41. The van der Waals surface area contributed by atoms with Crippen LogP contribution in [-0.2, 0) is 6.18 Å². The molecule has 1 aromatic rings. The molecule has 0 saturated carbocycles. The van der Waals surface area contributed by atoms with E-state index < -0.39 is 35.0 Å². The lowest BCUT2D eigenvalue weighted by Gasteiger charge is -2.15. The molecule has 7 heteroatoms. The highest BCUT2D eigenvalue weighted by Gasteiger charge is 2.39. The monoisotopic (exact) mass is 257 g/mol. The first kappa shape index (κ1) is 13.2. The van der Waals surface area contributed by atoms with Crippen molar-refractivity contribution in [2.45, 2.75) is 12.2 Å². The minimum Gasteiger partial charge on any atom is -0.323 e. The number of benzene rings is 1. The molecule has 16 heavy (non-hydrogen) atoms. The Morgan fingerprint density at radius 3 is 2.25 bits per heavy atom. The van der Waals surface area contributed by atoms with E-state index in [4.69, 9.17) is 5.73 Å². The fraction of sp³-hybridized carbons (Fsp3) is 0.333. The van der Waals surface area contributed by atoms with E-state index in [-0.39, 0.29) is 5.75 Å². The van der Waals surface area contributed by atoms with Crippen molar-refractivity contribution in [1.29, 1.82) is 0 Å². The van der Waals surface area contributed by atoms with E-state index in [0.29, 0.717) is 6.07 Å². The molecule has 0 bridgehead atoms. The summed E-state index contributed by atoms with van der Waals surface area (Å²) >= 11 is 3.74. The van der Waals surface area contributed by atoms with Crippen LogP contribution in [0.25, 0.3) is 0 Å². The summed E-state index contributed by atoms with van der Waals surface area (Å²) < 4.78 is 63.2. The molecule has 0 aliphatic carbocycles. The van der Waals surface area contributed by atoms with Crippen LogP contribution in [0.4, 0.5) is 22.0 Å². The van der Waals surface area contributed by atoms with Gasteiger partial charge in [-0.2, -0.15) is 25.8 Å². The summed E-state index contributed by atoms with van der Waals surface area (Å²) in [5, 5.41) is 0. The summed E-state index contributed by atoms with van der Waals surface area (Å²) in [5.74, 6) is -3.37. The normalized spacial score (nSPS) is 13.9. The highest BCUT2D eigenvalue weighted by Crippen LogP contribution is 2.35. The summed E-state index contributed by atoms with van der Waals surface area (Å²) in [6, 6.07) is 0.427. The molecule has 0 radical (unpaired) electrons. The second-order valence-electron chi connectivity index (χ2n) is 3.11. The largest absolute Gasteiger partial charge is 0.422 e. The van der Waals surface area contributed by atoms with Gasteiger partial charge in [0.2, 0.25) is 0 Å². The highest BCUT2D eigenvalue weighted by atomic mass is 32.1. The highest BCUT2D eigenvalue weighted by molar-refractivity contribution is 7.80. The van der Waals surface area contributed by atoms with Gasteiger partial charge in [-0.3, -0.25) is 0 Å². The number of thiol groups is 1. The maximum atomic E-state index is 13.4. The zero-order valence-electron chi connectivity index (χ0n) is 7.85. The average molecular weight is 257 g/mol. The topological polar surface area (TPSA) is 26.0 Å². The van der Waals surface area contributed by atoms with Crippen molar-refractivity contribution in [2.75, 3.05) is 5.75 Å². The van der Waals surface area contributed by atoms with Crippen LogP contribution in [-0.4, -0.2) is 5.75 Å². The van der Waals surface area contributed by atoms with Crippen LogP contribution in [0.3, 0.4) is 0 Å². The van der Waals surface area contributed by atoms with E-state index in [1.54, 1.807) is 0 Å². The van der Waals surface area contributed by atoms with E-state index in [1.807, 2.05) is 0 Å². The van der Waals surface area contributed by atoms with Gasteiger partial charge in [-0.1, -0.05) is 6.07 Å².